The van der Waals surface area contributed by atoms with E-state index in [-0.39, 0.29) is 0 Å². The van der Waals surface area contributed by atoms with E-state index in [1.807, 2.05) is 0 Å². The highest BCUT2D eigenvalue weighted by Gasteiger charge is 2.31. The van der Waals surface area contributed by atoms with E-state index < -0.39 is 0 Å². The standard InChI is InChI=1S/C16H26N2/c1-16(2,14-8-7-11-17-12-14)13-18(3)15-9-5-4-6-10-15/h4-6,9-10,14,17H,7-8,11-13H2,1-3H3. The molecule has 18 heavy (non-hydrogen) atoms. The lowest BCUT2D eigenvalue weighted by atomic mass is 9.74. The largest absolute Gasteiger partial charge is 0.374 e. The van der Waals surface area contributed by atoms with Gasteiger partial charge in [0.05, 0.1) is 0 Å². The van der Waals surface area contributed by atoms with Gasteiger partial charge in [-0.2, -0.15) is 0 Å². The minimum absolute atomic E-state index is 0.359. The van der Waals surface area contributed by atoms with Crippen LogP contribution in [-0.2, 0) is 0 Å². The van der Waals surface area contributed by atoms with Crippen LogP contribution in [-0.4, -0.2) is 26.7 Å². The second kappa shape index (κ2) is 5.75. The molecule has 0 spiro atoms. The number of anilines is 1. The number of piperidine rings is 1. The maximum Gasteiger partial charge on any atom is 0.0363 e. The van der Waals surface area contributed by atoms with E-state index in [9.17, 15) is 0 Å². The average molecular weight is 246 g/mol. The zero-order chi connectivity index (χ0) is 13.0. The van der Waals surface area contributed by atoms with Crippen molar-refractivity contribution in [3.63, 3.8) is 0 Å². The third-order valence-electron chi connectivity index (χ3n) is 4.24. The molecule has 0 aromatic heterocycles. The van der Waals surface area contributed by atoms with Crippen LogP contribution in [0.2, 0.25) is 0 Å². The smallest absolute Gasteiger partial charge is 0.0363 e. The summed E-state index contributed by atoms with van der Waals surface area (Å²) in [5.74, 6) is 0.789. The minimum atomic E-state index is 0.359. The van der Waals surface area contributed by atoms with E-state index in [0.717, 1.165) is 12.5 Å². The van der Waals surface area contributed by atoms with Gasteiger partial charge in [-0.3, -0.25) is 0 Å². The molecule has 2 heteroatoms. The van der Waals surface area contributed by atoms with Gasteiger partial charge in [0, 0.05) is 19.3 Å². The molecule has 2 nitrogen and oxygen atoms in total. The van der Waals surface area contributed by atoms with Crippen LogP contribution in [0.4, 0.5) is 5.69 Å². The lowest BCUT2D eigenvalue weighted by molar-refractivity contribution is 0.178. The Balaban J connectivity index is 1.98. The Morgan fingerprint density at radius 2 is 2.00 bits per heavy atom. The number of nitrogens with one attached hydrogen (secondary N) is 1. The van der Waals surface area contributed by atoms with Gasteiger partial charge in [-0.1, -0.05) is 32.0 Å². The number of hydrogen-bond acceptors (Lipinski definition) is 2. The molecule has 1 aliphatic heterocycles. The Morgan fingerprint density at radius 3 is 2.61 bits per heavy atom. The van der Waals surface area contributed by atoms with Crippen molar-refractivity contribution in [3.8, 4) is 0 Å². The zero-order valence-corrected chi connectivity index (χ0v) is 11.9. The fraction of sp³-hybridized carbons (Fsp3) is 0.625. The number of nitrogens with zero attached hydrogens (tertiary/aromatic N) is 1. The van der Waals surface area contributed by atoms with Gasteiger partial charge in [-0.05, 0) is 49.4 Å². The predicted molar refractivity (Wildman–Crippen MR) is 79.1 cm³/mol. The van der Waals surface area contributed by atoms with Gasteiger partial charge in [0.1, 0.15) is 0 Å². The molecule has 0 amide bonds. The summed E-state index contributed by atoms with van der Waals surface area (Å²) < 4.78 is 0. The van der Waals surface area contributed by atoms with Crippen LogP contribution in [0, 0.1) is 11.3 Å². The third kappa shape index (κ3) is 3.26. The van der Waals surface area contributed by atoms with E-state index in [2.05, 4.69) is 61.4 Å². The summed E-state index contributed by atoms with van der Waals surface area (Å²) >= 11 is 0. The minimum Gasteiger partial charge on any atom is -0.374 e. The Bertz CT molecular complexity index is 353. The first kappa shape index (κ1) is 13.4. The summed E-state index contributed by atoms with van der Waals surface area (Å²) in [6.45, 7) is 8.30. The van der Waals surface area contributed by atoms with Crippen molar-refractivity contribution >= 4 is 5.69 Å². The van der Waals surface area contributed by atoms with Gasteiger partial charge in [0.2, 0.25) is 0 Å². The fourth-order valence-electron chi connectivity index (χ4n) is 3.03. The van der Waals surface area contributed by atoms with Gasteiger partial charge in [-0.15, -0.1) is 0 Å². The van der Waals surface area contributed by atoms with Crippen LogP contribution in [0.15, 0.2) is 30.3 Å². The second-order valence-corrected chi connectivity index (χ2v) is 6.22. The lowest BCUT2D eigenvalue weighted by Gasteiger charge is -2.40. The maximum absolute atomic E-state index is 3.54. The Labute approximate surface area is 111 Å². The van der Waals surface area contributed by atoms with E-state index in [1.54, 1.807) is 0 Å². The summed E-state index contributed by atoms with van der Waals surface area (Å²) in [6.07, 6.45) is 2.69. The first-order chi connectivity index (χ1) is 8.59. The molecule has 2 rings (SSSR count). The summed E-state index contributed by atoms with van der Waals surface area (Å²) in [4.78, 5) is 2.38. The molecule has 1 fully saturated rings. The van der Waals surface area contributed by atoms with Crippen molar-refractivity contribution in [2.45, 2.75) is 26.7 Å². The monoisotopic (exact) mass is 246 g/mol. The first-order valence-corrected chi connectivity index (χ1v) is 7.06. The molecule has 1 aliphatic rings. The van der Waals surface area contributed by atoms with Gasteiger partial charge < -0.3 is 10.2 Å². The molecule has 0 aliphatic carbocycles. The quantitative estimate of drug-likeness (QED) is 0.878. The van der Waals surface area contributed by atoms with Gasteiger partial charge >= 0.3 is 0 Å². The summed E-state index contributed by atoms with van der Waals surface area (Å²) in [5.41, 5.74) is 1.67. The highest BCUT2D eigenvalue weighted by molar-refractivity contribution is 5.45. The Morgan fingerprint density at radius 1 is 1.28 bits per heavy atom. The molecule has 1 aromatic carbocycles. The number of rotatable bonds is 4. The highest BCUT2D eigenvalue weighted by atomic mass is 15.1. The van der Waals surface area contributed by atoms with Crippen LogP contribution in [0.3, 0.4) is 0 Å². The molecule has 1 heterocycles. The number of para-hydroxylation sites is 1. The maximum atomic E-state index is 3.54. The molecule has 1 atom stereocenters. The molecule has 1 N–H and O–H groups in total. The van der Waals surface area contributed by atoms with Crippen molar-refractivity contribution in [1.29, 1.82) is 0 Å². The number of benzene rings is 1. The molecule has 0 radical (unpaired) electrons. The molecule has 1 aromatic rings. The number of hydrogen-bond donors (Lipinski definition) is 1. The third-order valence-corrected chi connectivity index (χ3v) is 4.24. The van der Waals surface area contributed by atoms with Crippen LogP contribution in [0.25, 0.3) is 0 Å². The van der Waals surface area contributed by atoms with Gasteiger partial charge in [-0.25, -0.2) is 0 Å². The first-order valence-electron chi connectivity index (χ1n) is 7.06. The predicted octanol–water partition coefficient (Wildman–Crippen LogP) is 3.15. The van der Waals surface area contributed by atoms with Crippen LogP contribution >= 0.6 is 0 Å². The van der Waals surface area contributed by atoms with Gasteiger partial charge in [0.15, 0.2) is 0 Å². The average Bonchev–Trinajstić information content (AvgIpc) is 2.40. The van der Waals surface area contributed by atoms with Crippen molar-refractivity contribution in [3.05, 3.63) is 30.3 Å². The Kier molecular flexibility index (Phi) is 4.28. The summed E-state index contributed by atoms with van der Waals surface area (Å²) in [6, 6.07) is 10.7. The summed E-state index contributed by atoms with van der Waals surface area (Å²) in [7, 11) is 2.20. The SMILES string of the molecule is CN(CC(C)(C)C1CCCNC1)c1ccccc1. The van der Waals surface area contributed by atoms with E-state index >= 15 is 0 Å². The van der Waals surface area contributed by atoms with Crippen molar-refractivity contribution in [1.82, 2.24) is 5.32 Å². The van der Waals surface area contributed by atoms with E-state index in [4.69, 9.17) is 0 Å². The van der Waals surface area contributed by atoms with Crippen molar-refractivity contribution in [2.75, 3.05) is 31.6 Å². The molecular formula is C16H26N2. The van der Waals surface area contributed by atoms with Gasteiger partial charge in [0.25, 0.3) is 0 Å². The van der Waals surface area contributed by atoms with E-state index in [1.165, 1.54) is 31.6 Å². The molecular weight excluding hydrogens is 220 g/mol. The van der Waals surface area contributed by atoms with Crippen molar-refractivity contribution in [2.24, 2.45) is 11.3 Å². The van der Waals surface area contributed by atoms with Crippen LogP contribution < -0.4 is 10.2 Å². The van der Waals surface area contributed by atoms with Crippen LogP contribution in [0.5, 0.6) is 0 Å². The van der Waals surface area contributed by atoms with Crippen molar-refractivity contribution < 1.29 is 0 Å². The Hall–Kier alpha value is -1.02. The molecule has 0 saturated carbocycles. The topological polar surface area (TPSA) is 15.3 Å². The second-order valence-electron chi connectivity index (χ2n) is 6.22. The highest BCUT2D eigenvalue weighted by Crippen LogP contribution is 2.33. The molecule has 0 bridgehead atoms. The normalized spacial score (nSPS) is 20.7. The molecule has 1 saturated heterocycles. The molecule has 100 valence electrons. The zero-order valence-electron chi connectivity index (χ0n) is 11.9. The van der Waals surface area contributed by atoms with E-state index in [0.29, 0.717) is 5.41 Å². The summed E-state index contributed by atoms with van der Waals surface area (Å²) in [5, 5.41) is 3.54. The lowest BCUT2D eigenvalue weighted by Crippen LogP contribution is -2.44. The fourth-order valence-corrected chi connectivity index (χ4v) is 3.03. The molecule has 1 unspecified atom stereocenters. The van der Waals surface area contributed by atoms with Crippen LogP contribution in [0.1, 0.15) is 26.7 Å².